The number of nitrogens with one attached hydrogen (secondary N) is 1. The first-order chi connectivity index (χ1) is 6.83. The number of halogens is 1. The third-order valence-corrected chi connectivity index (χ3v) is 2.43. The summed E-state index contributed by atoms with van der Waals surface area (Å²) in [5.41, 5.74) is 0. The van der Waals surface area contributed by atoms with Crippen LogP contribution in [0.25, 0.3) is 0 Å². The highest BCUT2D eigenvalue weighted by molar-refractivity contribution is 6.17. The van der Waals surface area contributed by atoms with Crippen molar-refractivity contribution in [1.82, 2.24) is 15.1 Å². The molecule has 0 fully saturated rings. The summed E-state index contributed by atoms with van der Waals surface area (Å²) in [6, 6.07) is 2.49. The second-order valence-electron chi connectivity index (χ2n) is 3.46. The second kappa shape index (κ2) is 6.85. The van der Waals surface area contributed by atoms with E-state index in [1.807, 2.05) is 16.9 Å². The molecule has 4 heteroatoms. The standard InChI is InChI=1S/C10H18ClN3/c1-10(4-2-5-11)12-7-9-14-8-3-6-13-14/h3,6,8,10,12H,2,4-5,7,9H2,1H3. The average Bonchev–Trinajstić information content (AvgIpc) is 2.67. The van der Waals surface area contributed by atoms with E-state index in [1.54, 1.807) is 6.20 Å². The summed E-state index contributed by atoms with van der Waals surface area (Å²) in [6.45, 7) is 4.08. The molecule has 0 aromatic carbocycles. The Morgan fingerprint density at radius 3 is 3.07 bits per heavy atom. The first-order valence-corrected chi connectivity index (χ1v) is 5.63. The quantitative estimate of drug-likeness (QED) is 0.704. The number of hydrogen-bond donors (Lipinski definition) is 1. The predicted molar refractivity (Wildman–Crippen MR) is 59.6 cm³/mol. The van der Waals surface area contributed by atoms with E-state index in [-0.39, 0.29) is 0 Å². The summed E-state index contributed by atoms with van der Waals surface area (Å²) in [6.07, 6.45) is 6.00. The van der Waals surface area contributed by atoms with Gasteiger partial charge in [0.1, 0.15) is 0 Å². The Kier molecular flexibility index (Phi) is 5.64. The molecule has 1 N–H and O–H groups in total. The van der Waals surface area contributed by atoms with Crippen molar-refractivity contribution in [2.45, 2.75) is 32.4 Å². The fourth-order valence-electron chi connectivity index (χ4n) is 1.34. The van der Waals surface area contributed by atoms with E-state index in [1.165, 1.54) is 0 Å². The number of aromatic nitrogens is 2. The molecule has 1 atom stereocenters. The van der Waals surface area contributed by atoms with Gasteiger partial charge in [-0.05, 0) is 25.8 Å². The maximum absolute atomic E-state index is 5.62. The van der Waals surface area contributed by atoms with E-state index in [9.17, 15) is 0 Å². The van der Waals surface area contributed by atoms with Crippen LogP contribution in [0.15, 0.2) is 18.5 Å². The summed E-state index contributed by atoms with van der Waals surface area (Å²) < 4.78 is 1.93. The highest BCUT2D eigenvalue weighted by Gasteiger charge is 1.99. The lowest BCUT2D eigenvalue weighted by atomic mass is 10.2. The molecule has 0 aliphatic rings. The lowest BCUT2D eigenvalue weighted by Crippen LogP contribution is -2.29. The van der Waals surface area contributed by atoms with Gasteiger partial charge in [-0.3, -0.25) is 4.68 Å². The molecule has 1 unspecified atom stereocenters. The third kappa shape index (κ3) is 4.63. The van der Waals surface area contributed by atoms with Crippen LogP contribution in [0.3, 0.4) is 0 Å². The van der Waals surface area contributed by atoms with Gasteiger partial charge in [0.2, 0.25) is 0 Å². The minimum Gasteiger partial charge on any atom is -0.312 e. The summed E-state index contributed by atoms with van der Waals surface area (Å²) in [7, 11) is 0. The molecule has 0 saturated carbocycles. The zero-order valence-corrected chi connectivity index (χ0v) is 9.37. The Hall–Kier alpha value is -0.540. The molecular formula is C10H18ClN3. The molecule has 0 aliphatic heterocycles. The van der Waals surface area contributed by atoms with Crippen LogP contribution in [0, 0.1) is 0 Å². The minimum atomic E-state index is 0.546. The first-order valence-electron chi connectivity index (χ1n) is 5.09. The van der Waals surface area contributed by atoms with Crippen LogP contribution >= 0.6 is 11.6 Å². The van der Waals surface area contributed by atoms with E-state index in [4.69, 9.17) is 11.6 Å². The topological polar surface area (TPSA) is 29.9 Å². The van der Waals surface area contributed by atoms with Crippen molar-refractivity contribution in [3.63, 3.8) is 0 Å². The molecule has 3 nitrogen and oxygen atoms in total. The normalized spacial score (nSPS) is 13.0. The van der Waals surface area contributed by atoms with Crippen LogP contribution in [0.2, 0.25) is 0 Å². The summed E-state index contributed by atoms with van der Waals surface area (Å²) in [4.78, 5) is 0. The van der Waals surface area contributed by atoms with Gasteiger partial charge in [0, 0.05) is 30.9 Å². The fourth-order valence-corrected chi connectivity index (χ4v) is 1.50. The molecule has 1 rings (SSSR count). The molecule has 0 radical (unpaired) electrons. The number of alkyl halides is 1. The summed E-state index contributed by atoms with van der Waals surface area (Å²) >= 11 is 5.62. The SMILES string of the molecule is CC(CCCCl)NCCn1cccn1. The van der Waals surface area contributed by atoms with E-state index >= 15 is 0 Å². The Morgan fingerprint density at radius 1 is 1.57 bits per heavy atom. The zero-order chi connectivity index (χ0) is 10.2. The largest absolute Gasteiger partial charge is 0.312 e. The average molecular weight is 216 g/mol. The van der Waals surface area contributed by atoms with Gasteiger partial charge >= 0.3 is 0 Å². The zero-order valence-electron chi connectivity index (χ0n) is 8.62. The monoisotopic (exact) mass is 215 g/mol. The van der Waals surface area contributed by atoms with Gasteiger partial charge in [-0.1, -0.05) is 0 Å². The van der Waals surface area contributed by atoms with Crippen LogP contribution in [0.5, 0.6) is 0 Å². The van der Waals surface area contributed by atoms with Crippen molar-refractivity contribution in [3.05, 3.63) is 18.5 Å². The van der Waals surface area contributed by atoms with Gasteiger partial charge in [0.25, 0.3) is 0 Å². The van der Waals surface area contributed by atoms with Gasteiger partial charge < -0.3 is 5.32 Å². The lowest BCUT2D eigenvalue weighted by molar-refractivity contribution is 0.473. The Labute approximate surface area is 90.4 Å². The molecule has 14 heavy (non-hydrogen) atoms. The number of hydrogen-bond acceptors (Lipinski definition) is 2. The van der Waals surface area contributed by atoms with Crippen LogP contribution in [0.4, 0.5) is 0 Å². The molecule has 0 aliphatic carbocycles. The third-order valence-electron chi connectivity index (χ3n) is 2.16. The number of nitrogens with zero attached hydrogens (tertiary/aromatic N) is 2. The lowest BCUT2D eigenvalue weighted by Gasteiger charge is -2.12. The minimum absolute atomic E-state index is 0.546. The van der Waals surface area contributed by atoms with Crippen molar-refractivity contribution >= 4 is 11.6 Å². The second-order valence-corrected chi connectivity index (χ2v) is 3.83. The van der Waals surface area contributed by atoms with Crippen LogP contribution in [-0.4, -0.2) is 28.2 Å². The molecule has 1 aromatic rings. The highest BCUT2D eigenvalue weighted by Crippen LogP contribution is 1.97. The van der Waals surface area contributed by atoms with E-state index in [0.717, 1.165) is 31.8 Å². The molecule has 0 spiro atoms. The van der Waals surface area contributed by atoms with Crippen molar-refractivity contribution in [3.8, 4) is 0 Å². The molecular weight excluding hydrogens is 198 g/mol. The Balaban J connectivity index is 2.03. The van der Waals surface area contributed by atoms with E-state index < -0.39 is 0 Å². The van der Waals surface area contributed by atoms with Crippen molar-refractivity contribution in [1.29, 1.82) is 0 Å². The summed E-state index contributed by atoms with van der Waals surface area (Å²) in [5, 5.41) is 7.57. The van der Waals surface area contributed by atoms with Crippen molar-refractivity contribution in [2.75, 3.05) is 12.4 Å². The van der Waals surface area contributed by atoms with Crippen LogP contribution in [0.1, 0.15) is 19.8 Å². The van der Waals surface area contributed by atoms with Crippen LogP contribution in [-0.2, 0) is 6.54 Å². The fraction of sp³-hybridized carbons (Fsp3) is 0.700. The highest BCUT2D eigenvalue weighted by atomic mass is 35.5. The maximum Gasteiger partial charge on any atom is 0.0534 e. The molecule has 0 amide bonds. The molecule has 1 heterocycles. The van der Waals surface area contributed by atoms with Crippen LogP contribution < -0.4 is 5.32 Å². The summed E-state index contributed by atoms with van der Waals surface area (Å²) in [5.74, 6) is 0.755. The van der Waals surface area contributed by atoms with Gasteiger partial charge in [-0.25, -0.2) is 0 Å². The molecule has 0 saturated heterocycles. The smallest absolute Gasteiger partial charge is 0.0534 e. The first kappa shape index (κ1) is 11.5. The van der Waals surface area contributed by atoms with Crippen molar-refractivity contribution < 1.29 is 0 Å². The Morgan fingerprint density at radius 2 is 2.43 bits per heavy atom. The number of rotatable bonds is 7. The Bertz CT molecular complexity index is 223. The van der Waals surface area contributed by atoms with Gasteiger partial charge in [0.05, 0.1) is 6.54 Å². The van der Waals surface area contributed by atoms with Gasteiger partial charge in [-0.15, -0.1) is 11.6 Å². The maximum atomic E-state index is 5.62. The molecule has 80 valence electrons. The van der Waals surface area contributed by atoms with Crippen molar-refractivity contribution in [2.24, 2.45) is 0 Å². The van der Waals surface area contributed by atoms with E-state index in [2.05, 4.69) is 17.3 Å². The van der Waals surface area contributed by atoms with Gasteiger partial charge in [0.15, 0.2) is 0 Å². The predicted octanol–water partition coefficient (Wildman–Crippen LogP) is 1.88. The molecule has 1 aromatic heterocycles. The van der Waals surface area contributed by atoms with Gasteiger partial charge in [-0.2, -0.15) is 5.10 Å². The van der Waals surface area contributed by atoms with E-state index in [0.29, 0.717) is 6.04 Å². The molecule has 0 bridgehead atoms.